The highest BCUT2D eigenvalue weighted by molar-refractivity contribution is 7.47. The van der Waals surface area contributed by atoms with E-state index < -0.39 is 97.5 Å². The molecular weight excluding hydrogens is 1320 g/mol. The second kappa shape index (κ2) is 74.9. The minimum atomic E-state index is -4.96. The Labute approximate surface area is 619 Å². The third-order valence-corrected chi connectivity index (χ3v) is 21.2. The lowest BCUT2D eigenvalue weighted by atomic mass is 10.0. The summed E-state index contributed by atoms with van der Waals surface area (Å²) in [6.07, 6.45) is 66.6. The van der Waals surface area contributed by atoms with Gasteiger partial charge < -0.3 is 33.8 Å². The average molecular weight is 1480 g/mol. The van der Waals surface area contributed by atoms with E-state index >= 15 is 0 Å². The number of unbranched alkanes of at least 4 members (excludes halogenated alkanes) is 54. The summed E-state index contributed by atoms with van der Waals surface area (Å²) in [6.45, 7) is 7.31. The van der Waals surface area contributed by atoms with Gasteiger partial charge in [-0.1, -0.05) is 388 Å². The Morgan fingerprint density at radius 1 is 0.267 bits per heavy atom. The molecule has 0 aromatic rings. The van der Waals surface area contributed by atoms with Crippen molar-refractivity contribution in [2.75, 3.05) is 39.6 Å². The second-order valence-corrected chi connectivity index (χ2v) is 32.9. The Morgan fingerprint density at radius 3 is 0.673 bits per heavy atom. The number of carbonyl (C=O) groups excluding carboxylic acids is 4. The van der Waals surface area contributed by atoms with Crippen LogP contribution < -0.4 is 0 Å². The van der Waals surface area contributed by atoms with E-state index in [0.717, 1.165) is 95.8 Å². The molecule has 0 saturated carbocycles. The fraction of sp³-hybridized carbons (Fsp3) is 0.951. The lowest BCUT2D eigenvalue weighted by molar-refractivity contribution is -0.161. The summed E-state index contributed by atoms with van der Waals surface area (Å²) in [6, 6.07) is 0. The third kappa shape index (κ3) is 76.1. The van der Waals surface area contributed by atoms with Crippen LogP contribution in [0.15, 0.2) is 0 Å². The van der Waals surface area contributed by atoms with Crippen LogP contribution in [0.2, 0.25) is 0 Å². The van der Waals surface area contributed by atoms with Gasteiger partial charge in [0.2, 0.25) is 0 Å². The number of aliphatic hydroxyl groups excluding tert-OH is 1. The van der Waals surface area contributed by atoms with E-state index in [1.165, 1.54) is 263 Å². The highest BCUT2D eigenvalue weighted by Gasteiger charge is 2.30. The minimum absolute atomic E-state index is 0.108. The summed E-state index contributed by atoms with van der Waals surface area (Å²) >= 11 is 0. The number of rotatable bonds is 82. The quantitative estimate of drug-likeness (QED) is 0.0222. The molecule has 0 aromatic heterocycles. The van der Waals surface area contributed by atoms with Crippen molar-refractivity contribution in [2.24, 2.45) is 5.92 Å². The summed E-state index contributed by atoms with van der Waals surface area (Å²) in [5.41, 5.74) is 0. The Hall–Kier alpha value is -1.94. The summed E-state index contributed by atoms with van der Waals surface area (Å²) in [7, 11) is -9.92. The minimum Gasteiger partial charge on any atom is -0.462 e. The van der Waals surface area contributed by atoms with Crippen LogP contribution in [0, 0.1) is 5.92 Å². The first kappa shape index (κ1) is 99.1. The number of esters is 4. The SMILES string of the molecule is CCCCCCCCCCCCCCCCCCCC(=O)OC[C@H](COP(=O)(O)OC[C@@H](O)COP(=O)(O)OC[C@@H](COC(=O)CCCCCCCCCCC(C)C)OC(=O)CCCCCCCCCCCCCCCCCC)OC(=O)CCCCCCCCCCCCCCCCCCC. The number of carbonyl (C=O) groups is 4. The number of aliphatic hydroxyl groups is 1. The van der Waals surface area contributed by atoms with Crippen LogP contribution in [0.25, 0.3) is 0 Å². The van der Waals surface area contributed by atoms with Crippen molar-refractivity contribution in [1.82, 2.24) is 0 Å². The van der Waals surface area contributed by atoms with Gasteiger partial charge in [-0.3, -0.25) is 37.3 Å². The second-order valence-electron chi connectivity index (χ2n) is 30.0. The Morgan fingerprint density at radius 2 is 0.455 bits per heavy atom. The van der Waals surface area contributed by atoms with E-state index in [0.29, 0.717) is 25.7 Å². The first-order chi connectivity index (χ1) is 49.0. The molecule has 600 valence electrons. The number of phosphoric ester groups is 2. The molecule has 0 radical (unpaired) electrons. The molecule has 0 aliphatic rings. The number of hydrogen-bond acceptors (Lipinski definition) is 15. The number of ether oxygens (including phenoxy) is 4. The maximum absolute atomic E-state index is 13.1. The zero-order valence-electron chi connectivity index (χ0n) is 66.1. The van der Waals surface area contributed by atoms with Crippen molar-refractivity contribution in [1.29, 1.82) is 0 Å². The van der Waals surface area contributed by atoms with Crippen molar-refractivity contribution < 1.29 is 80.2 Å². The van der Waals surface area contributed by atoms with E-state index in [2.05, 4.69) is 34.6 Å². The van der Waals surface area contributed by atoms with E-state index in [4.69, 9.17) is 37.0 Å². The van der Waals surface area contributed by atoms with Gasteiger partial charge in [-0.2, -0.15) is 0 Å². The van der Waals surface area contributed by atoms with Gasteiger partial charge in [0.25, 0.3) is 0 Å². The molecule has 17 nitrogen and oxygen atoms in total. The third-order valence-electron chi connectivity index (χ3n) is 19.3. The summed E-state index contributed by atoms with van der Waals surface area (Å²) in [4.78, 5) is 73.1. The summed E-state index contributed by atoms with van der Waals surface area (Å²) in [5, 5.41) is 10.7. The zero-order chi connectivity index (χ0) is 74.1. The van der Waals surface area contributed by atoms with Crippen LogP contribution in [0.3, 0.4) is 0 Å². The van der Waals surface area contributed by atoms with Gasteiger partial charge in [-0.15, -0.1) is 0 Å². The average Bonchev–Trinajstić information content (AvgIpc) is 0.956. The van der Waals surface area contributed by atoms with E-state index in [1.807, 2.05) is 0 Å². The predicted octanol–water partition coefficient (Wildman–Crippen LogP) is 24.8. The zero-order valence-corrected chi connectivity index (χ0v) is 67.8. The van der Waals surface area contributed by atoms with Crippen LogP contribution >= 0.6 is 15.6 Å². The lowest BCUT2D eigenvalue weighted by Gasteiger charge is -2.21. The van der Waals surface area contributed by atoms with Gasteiger partial charge >= 0.3 is 39.5 Å². The summed E-state index contributed by atoms with van der Waals surface area (Å²) in [5.74, 6) is -1.38. The fourth-order valence-electron chi connectivity index (χ4n) is 12.8. The van der Waals surface area contributed by atoms with Crippen LogP contribution in [0.4, 0.5) is 0 Å². The molecule has 0 bridgehead atoms. The molecule has 2 unspecified atom stereocenters. The standard InChI is InChI=1S/C82H160O17P2/c1-6-9-12-15-18-21-24-27-30-33-36-38-41-44-50-55-60-65-79(84)92-71-77(98-81(86)68-63-58-53-46-43-40-37-34-31-28-25-22-19-16-13-10-7-2)73-96-100(88,89)94-69-76(83)70-95-101(90,91)97-74-78(72-93-80(85)66-61-56-51-48-47-49-54-59-64-75(4)5)99-82(87)67-62-57-52-45-42-39-35-32-29-26-23-20-17-14-11-8-3/h75-78,83H,6-74H2,1-5H3,(H,88,89)(H,90,91)/t76-,77-,78-/m1/s1. The van der Waals surface area contributed by atoms with Gasteiger partial charge in [-0.25, -0.2) is 9.13 Å². The number of hydrogen-bond donors (Lipinski definition) is 3. The van der Waals surface area contributed by atoms with E-state index in [9.17, 15) is 43.2 Å². The number of phosphoric acid groups is 2. The molecule has 0 aliphatic carbocycles. The maximum atomic E-state index is 13.1. The van der Waals surface area contributed by atoms with Crippen molar-refractivity contribution >= 4 is 39.5 Å². The highest BCUT2D eigenvalue weighted by atomic mass is 31.2. The Kier molecular flexibility index (Phi) is 73.5. The van der Waals surface area contributed by atoms with E-state index in [1.54, 1.807) is 0 Å². The van der Waals surface area contributed by atoms with Crippen molar-refractivity contribution in [2.45, 2.75) is 457 Å². The molecule has 3 N–H and O–H groups in total. The Balaban J connectivity index is 5.25. The van der Waals surface area contributed by atoms with Gasteiger partial charge in [0.05, 0.1) is 26.4 Å². The topological polar surface area (TPSA) is 237 Å². The predicted molar refractivity (Wildman–Crippen MR) is 414 cm³/mol. The largest absolute Gasteiger partial charge is 0.472 e. The molecule has 0 amide bonds. The molecule has 0 fully saturated rings. The Bertz CT molecular complexity index is 1930. The molecule has 101 heavy (non-hydrogen) atoms. The molecule has 0 spiro atoms. The molecule has 0 aromatic carbocycles. The molecular formula is C82H160O17P2. The van der Waals surface area contributed by atoms with Gasteiger partial charge in [0, 0.05) is 25.7 Å². The highest BCUT2D eigenvalue weighted by Crippen LogP contribution is 2.45. The normalized spacial score (nSPS) is 13.8. The lowest BCUT2D eigenvalue weighted by Crippen LogP contribution is -2.30. The van der Waals surface area contributed by atoms with E-state index in [-0.39, 0.29) is 25.7 Å². The van der Waals surface area contributed by atoms with Crippen molar-refractivity contribution in [3.05, 3.63) is 0 Å². The van der Waals surface area contributed by atoms with Crippen molar-refractivity contribution in [3.8, 4) is 0 Å². The molecule has 5 atom stereocenters. The molecule has 0 heterocycles. The van der Waals surface area contributed by atoms with Crippen LogP contribution in [0.5, 0.6) is 0 Å². The van der Waals surface area contributed by atoms with Gasteiger partial charge in [0.1, 0.15) is 19.3 Å². The molecule has 0 rings (SSSR count). The molecule has 0 aliphatic heterocycles. The van der Waals surface area contributed by atoms with Gasteiger partial charge in [-0.05, 0) is 31.6 Å². The van der Waals surface area contributed by atoms with Gasteiger partial charge in [0.15, 0.2) is 12.2 Å². The maximum Gasteiger partial charge on any atom is 0.472 e. The smallest absolute Gasteiger partial charge is 0.462 e. The first-order valence-electron chi connectivity index (χ1n) is 42.6. The summed E-state index contributed by atoms with van der Waals surface area (Å²) < 4.78 is 68.8. The monoisotopic (exact) mass is 1480 g/mol. The van der Waals surface area contributed by atoms with Crippen LogP contribution in [-0.4, -0.2) is 96.7 Å². The fourth-order valence-corrected chi connectivity index (χ4v) is 14.3. The van der Waals surface area contributed by atoms with Crippen LogP contribution in [0.1, 0.15) is 439 Å². The molecule has 0 saturated heterocycles. The molecule has 19 heteroatoms. The van der Waals surface area contributed by atoms with Crippen molar-refractivity contribution in [3.63, 3.8) is 0 Å². The van der Waals surface area contributed by atoms with Crippen LogP contribution in [-0.2, 0) is 65.4 Å². The first-order valence-corrected chi connectivity index (χ1v) is 45.6.